The number of anilines is 2. The lowest BCUT2D eigenvalue weighted by molar-refractivity contribution is -0.116. The normalized spacial score (nSPS) is 11.2. The Kier molecular flexibility index (Phi) is 8.98. The Morgan fingerprint density at radius 1 is 1.08 bits per heavy atom. The van der Waals surface area contributed by atoms with Crippen molar-refractivity contribution in [1.29, 1.82) is 0 Å². The predicted octanol–water partition coefficient (Wildman–Crippen LogP) is 6.10. The first-order valence-electron chi connectivity index (χ1n) is 12.0. The van der Waals surface area contributed by atoms with Gasteiger partial charge in [0.25, 0.3) is 0 Å². The molecule has 3 amide bonds. The number of ether oxygens (including phenoxy) is 1. The zero-order valence-corrected chi connectivity index (χ0v) is 22.2. The lowest BCUT2D eigenvalue weighted by Gasteiger charge is -2.22. The minimum absolute atomic E-state index is 0.111. The summed E-state index contributed by atoms with van der Waals surface area (Å²) in [4.78, 5) is 27.6. The maximum atomic E-state index is 13.1. The molecule has 8 nitrogen and oxygen atoms in total. The molecule has 0 aliphatic rings. The number of hydrogen-bond acceptors (Lipinski definition) is 4. The number of aromatic nitrogens is 2. The lowest BCUT2D eigenvalue weighted by Crippen LogP contribution is -2.41. The first kappa shape index (κ1) is 27.1. The van der Waals surface area contributed by atoms with Gasteiger partial charge in [-0.1, -0.05) is 57.8 Å². The van der Waals surface area contributed by atoms with E-state index in [9.17, 15) is 9.59 Å². The second-order valence-electron chi connectivity index (χ2n) is 9.51. The Balaban J connectivity index is 1.80. The molecule has 3 rings (SSSR count). The van der Waals surface area contributed by atoms with Gasteiger partial charge in [-0.2, -0.15) is 5.10 Å². The Morgan fingerprint density at radius 2 is 1.78 bits per heavy atom. The van der Waals surface area contributed by atoms with E-state index < -0.39 is 0 Å². The van der Waals surface area contributed by atoms with Crippen LogP contribution in [-0.4, -0.2) is 46.8 Å². The van der Waals surface area contributed by atoms with Crippen LogP contribution in [0, 0.1) is 0 Å². The van der Waals surface area contributed by atoms with Crippen LogP contribution in [0.25, 0.3) is 5.69 Å². The van der Waals surface area contributed by atoms with E-state index >= 15 is 0 Å². The number of rotatable bonds is 9. The highest BCUT2D eigenvalue weighted by molar-refractivity contribution is 6.32. The molecule has 3 aromatic rings. The molecule has 36 heavy (non-hydrogen) atoms. The Hall–Kier alpha value is -3.52. The molecule has 0 aliphatic heterocycles. The van der Waals surface area contributed by atoms with Crippen molar-refractivity contribution in [1.82, 2.24) is 14.7 Å². The second-order valence-corrected chi connectivity index (χ2v) is 9.92. The first-order chi connectivity index (χ1) is 17.1. The molecule has 1 aromatic heterocycles. The topological polar surface area (TPSA) is 88.5 Å². The number of hydrogen-bond donors (Lipinski definition) is 2. The first-order valence-corrected chi connectivity index (χ1v) is 12.4. The third-order valence-corrected chi connectivity index (χ3v) is 5.89. The number of carbonyl (C=O) groups is 2. The van der Waals surface area contributed by atoms with Gasteiger partial charge in [0.05, 0.1) is 23.5 Å². The van der Waals surface area contributed by atoms with Crippen LogP contribution >= 0.6 is 11.6 Å². The number of urea groups is 1. The number of benzene rings is 2. The summed E-state index contributed by atoms with van der Waals surface area (Å²) in [7, 11) is 1.58. The zero-order chi connectivity index (χ0) is 26.3. The Bertz CT molecular complexity index is 1180. The number of nitrogens with zero attached hydrogens (tertiary/aromatic N) is 3. The summed E-state index contributed by atoms with van der Waals surface area (Å²) in [5.41, 5.74) is 1.84. The van der Waals surface area contributed by atoms with Gasteiger partial charge < -0.3 is 20.3 Å². The number of unbranched alkanes of at least 4 members (excludes halogenated alkanes) is 1. The minimum Gasteiger partial charge on any atom is -0.497 e. The summed E-state index contributed by atoms with van der Waals surface area (Å²) in [5.74, 6) is 0.855. The fourth-order valence-electron chi connectivity index (χ4n) is 3.48. The van der Waals surface area contributed by atoms with Crippen molar-refractivity contribution in [2.24, 2.45) is 0 Å². The minimum atomic E-state index is -0.348. The Morgan fingerprint density at radius 3 is 2.39 bits per heavy atom. The lowest BCUT2D eigenvalue weighted by atomic mass is 9.92. The molecular weight excluding hydrogens is 478 g/mol. The molecule has 0 atom stereocenters. The molecule has 0 saturated carbocycles. The van der Waals surface area contributed by atoms with Crippen LogP contribution < -0.4 is 15.4 Å². The third-order valence-electron chi connectivity index (χ3n) is 5.57. The molecule has 0 bridgehead atoms. The molecule has 0 radical (unpaired) electrons. The molecule has 9 heteroatoms. The summed E-state index contributed by atoms with van der Waals surface area (Å²) in [6, 6.07) is 15.9. The maximum absolute atomic E-state index is 13.1. The highest BCUT2D eigenvalue weighted by atomic mass is 35.5. The summed E-state index contributed by atoms with van der Waals surface area (Å²) >= 11 is 6.43. The summed E-state index contributed by atoms with van der Waals surface area (Å²) in [6.07, 6.45) is 1.66. The monoisotopic (exact) mass is 511 g/mol. The van der Waals surface area contributed by atoms with Crippen molar-refractivity contribution >= 4 is 35.0 Å². The summed E-state index contributed by atoms with van der Waals surface area (Å²) in [6.45, 7) is 8.52. The van der Waals surface area contributed by atoms with Gasteiger partial charge in [-0.15, -0.1) is 0 Å². The van der Waals surface area contributed by atoms with Gasteiger partial charge in [0.2, 0.25) is 5.91 Å². The molecule has 2 aromatic carbocycles. The van der Waals surface area contributed by atoms with E-state index in [-0.39, 0.29) is 23.9 Å². The number of nitrogens with one attached hydrogen (secondary N) is 2. The number of carbonyl (C=O) groups excluding carboxylic acids is 2. The van der Waals surface area contributed by atoms with Gasteiger partial charge in [0.1, 0.15) is 18.1 Å². The van der Waals surface area contributed by atoms with E-state index in [2.05, 4.69) is 10.6 Å². The quantitative estimate of drug-likeness (QED) is 0.363. The predicted molar refractivity (Wildman–Crippen MR) is 144 cm³/mol. The van der Waals surface area contributed by atoms with Crippen molar-refractivity contribution in [2.75, 3.05) is 30.8 Å². The number of halogens is 1. The zero-order valence-electron chi connectivity index (χ0n) is 21.5. The van der Waals surface area contributed by atoms with Crippen molar-refractivity contribution in [2.45, 2.75) is 46.0 Å². The SMILES string of the molecule is CCCCN(CC(=O)Nc1cc(C(C)(C)C)nn1-c1ccccc1Cl)C(=O)Nc1ccc(OC)cc1. The van der Waals surface area contributed by atoms with Gasteiger partial charge in [-0.3, -0.25) is 4.79 Å². The van der Waals surface area contributed by atoms with E-state index in [0.29, 0.717) is 34.5 Å². The third kappa shape index (κ3) is 7.01. The van der Waals surface area contributed by atoms with Crippen molar-refractivity contribution in [3.05, 3.63) is 65.3 Å². The molecular formula is C27H34ClN5O3. The van der Waals surface area contributed by atoms with Crippen LogP contribution in [0.4, 0.5) is 16.3 Å². The Labute approximate surface area is 217 Å². The standard InChI is InChI=1S/C27H34ClN5O3/c1-6-7-16-32(26(35)29-19-12-14-20(36-5)15-13-19)18-25(34)30-24-17-23(27(2,3)4)31-33(24)22-11-9-8-10-21(22)28/h8-15,17H,6-7,16,18H2,1-5H3,(H,29,35)(H,30,34). The number of para-hydroxylation sites is 1. The van der Waals surface area contributed by atoms with Crippen LogP contribution in [0.5, 0.6) is 5.75 Å². The van der Waals surface area contributed by atoms with Crippen molar-refractivity contribution in [3.63, 3.8) is 0 Å². The average Bonchev–Trinajstić information content (AvgIpc) is 3.26. The van der Waals surface area contributed by atoms with Crippen LogP contribution in [0.3, 0.4) is 0 Å². The van der Waals surface area contributed by atoms with E-state index in [0.717, 1.165) is 18.5 Å². The number of methoxy groups -OCH3 is 1. The van der Waals surface area contributed by atoms with E-state index in [1.54, 1.807) is 42.1 Å². The van der Waals surface area contributed by atoms with E-state index in [4.69, 9.17) is 21.4 Å². The van der Waals surface area contributed by atoms with Crippen LogP contribution in [0.15, 0.2) is 54.6 Å². The molecule has 0 spiro atoms. The van der Waals surface area contributed by atoms with Crippen LogP contribution in [-0.2, 0) is 10.2 Å². The van der Waals surface area contributed by atoms with Gasteiger partial charge in [-0.05, 0) is 42.8 Å². The average molecular weight is 512 g/mol. The van der Waals surface area contributed by atoms with E-state index in [1.807, 2.05) is 52.0 Å². The molecule has 1 heterocycles. The largest absolute Gasteiger partial charge is 0.497 e. The molecule has 0 unspecified atom stereocenters. The molecule has 2 N–H and O–H groups in total. The smallest absolute Gasteiger partial charge is 0.322 e. The molecule has 0 fully saturated rings. The molecule has 0 aliphatic carbocycles. The highest BCUT2D eigenvalue weighted by Crippen LogP contribution is 2.29. The summed E-state index contributed by atoms with van der Waals surface area (Å²) < 4.78 is 6.80. The number of amides is 3. The highest BCUT2D eigenvalue weighted by Gasteiger charge is 2.23. The maximum Gasteiger partial charge on any atom is 0.322 e. The van der Waals surface area contributed by atoms with Crippen LogP contribution in [0.1, 0.15) is 46.2 Å². The fourth-order valence-corrected chi connectivity index (χ4v) is 3.69. The second kappa shape index (κ2) is 11.9. The van der Waals surface area contributed by atoms with Gasteiger partial charge >= 0.3 is 6.03 Å². The fraction of sp³-hybridized carbons (Fsp3) is 0.370. The molecule has 0 saturated heterocycles. The van der Waals surface area contributed by atoms with Gasteiger partial charge in [0, 0.05) is 23.7 Å². The van der Waals surface area contributed by atoms with E-state index in [1.165, 1.54) is 4.90 Å². The van der Waals surface area contributed by atoms with Crippen LogP contribution in [0.2, 0.25) is 5.02 Å². The molecule has 192 valence electrons. The van der Waals surface area contributed by atoms with Crippen molar-refractivity contribution < 1.29 is 14.3 Å². The van der Waals surface area contributed by atoms with Crippen molar-refractivity contribution in [3.8, 4) is 11.4 Å². The summed E-state index contributed by atoms with van der Waals surface area (Å²) in [5, 5.41) is 11.0. The van der Waals surface area contributed by atoms with Gasteiger partial charge in [0.15, 0.2) is 0 Å². The van der Waals surface area contributed by atoms with Gasteiger partial charge in [-0.25, -0.2) is 9.48 Å².